The monoisotopic (exact) mass is 295 g/mol. The zero-order valence-corrected chi connectivity index (χ0v) is 13.5. The quantitative estimate of drug-likeness (QED) is 0.876. The van der Waals surface area contributed by atoms with Crippen LogP contribution in [0.4, 0.5) is 0 Å². The number of hydrogen-bond donors (Lipinski definition) is 1. The largest absolute Gasteiger partial charge is 0.381 e. The van der Waals surface area contributed by atoms with Crippen molar-refractivity contribution >= 4 is 10.8 Å². The van der Waals surface area contributed by atoms with Crippen LogP contribution in [-0.4, -0.2) is 35.8 Å². The van der Waals surface area contributed by atoms with Gasteiger partial charge in [0.2, 0.25) is 0 Å². The average Bonchev–Trinajstić information content (AvgIpc) is 2.91. The summed E-state index contributed by atoms with van der Waals surface area (Å²) in [4.78, 5) is 0.970. The van der Waals surface area contributed by atoms with E-state index in [1.165, 1.54) is 5.56 Å². The smallest absolute Gasteiger partial charge is 0.0548 e. The second-order valence-corrected chi connectivity index (χ2v) is 7.03. The number of benzene rings is 1. The number of rotatable bonds is 6. The third kappa shape index (κ3) is 3.90. The zero-order valence-electron chi connectivity index (χ0n) is 12.6. The fraction of sp³-hybridized carbons (Fsp3) is 0.625. The van der Waals surface area contributed by atoms with E-state index < -0.39 is 10.8 Å². The van der Waals surface area contributed by atoms with Crippen molar-refractivity contribution in [3.8, 4) is 0 Å². The van der Waals surface area contributed by atoms with Gasteiger partial charge in [-0.15, -0.1) is 0 Å². The summed E-state index contributed by atoms with van der Waals surface area (Å²) >= 11 is 0. The standard InChI is InChI=1S/C16H25NO2S/c1-4-17-15(14-7-8-19-10-14)11-20(18)16-6-5-12(2)9-13(16)3/h5-6,9,14-15,17H,4,7-8,10-11H2,1-3H3. The van der Waals surface area contributed by atoms with E-state index >= 15 is 0 Å². The Morgan fingerprint density at radius 2 is 2.25 bits per heavy atom. The Balaban J connectivity index is 2.07. The van der Waals surface area contributed by atoms with Crippen molar-refractivity contribution in [1.29, 1.82) is 0 Å². The van der Waals surface area contributed by atoms with Gasteiger partial charge in [0.05, 0.1) is 17.4 Å². The Labute approximate surface area is 124 Å². The van der Waals surface area contributed by atoms with Gasteiger partial charge in [-0.2, -0.15) is 0 Å². The van der Waals surface area contributed by atoms with Crippen molar-refractivity contribution in [1.82, 2.24) is 5.32 Å². The first kappa shape index (κ1) is 15.7. The maximum absolute atomic E-state index is 12.6. The van der Waals surface area contributed by atoms with Crippen molar-refractivity contribution < 1.29 is 8.95 Å². The molecule has 0 saturated carbocycles. The molecule has 1 aliphatic rings. The van der Waals surface area contributed by atoms with E-state index in [-0.39, 0.29) is 6.04 Å². The molecule has 0 bridgehead atoms. The van der Waals surface area contributed by atoms with Gasteiger partial charge in [-0.05, 0) is 38.4 Å². The lowest BCUT2D eigenvalue weighted by Gasteiger charge is -2.23. The summed E-state index contributed by atoms with van der Waals surface area (Å²) in [5.41, 5.74) is 2.34. The first-order valence-corrected chi connectivity index (χ1v) is 8.70. The number of aryl methyl sites for hydroxylation is 2. The second kappa shape index (κ2) is 7.34. The fourth-order valence-electron chi connectivity index (χ4n) is 2.80. The molecule has 4 heteroatoms. The highest BCUT2D eigenvalue weighted by Gasteiger charge is 2.27. The molecule has 3 nitrogen and oxygen atoms in total. The molecule has 0 radical (unpaired) electrons. The van der Waals surface area contributed by atoms with Crippen molar-refractivity contribution in [2.24, 2.45) is 5.92 Å². The molecule has 1 fully saturated rings. The molecule has 0 amide bonds. The minimum absolute atomic E-state index is 0.282. The fourth-order valence-corrected chi connectivity index (χ4v) is 4.34. The summed E-state index contributed by atoms with van der Waals surface area (Å²) in [7, 11) is -0.949. The van der Waals surface area contributed by atoms with Crippen LogP contribution in [0, 0.1) is 19.8 Å². The highest BCUT2D eigenvalue weighted by molar-refractivity contribution is 7.85. The van der Waals surface area contributed by atoms with E-state index in [4.69, 9.17) is 4.74 Å². The van der Waals surface area contributed by atoms with Crippen LogP contribution in [0.5, 0.6) is 0 Å². The summed E-state index contributed by atoms with van der Waals surface area (Å²) < 4.78 is 18.1. The first-order valence-electron chi connectivity index (χ1n) is 7.38. The van der Waals surface area contributed by atoms with Gasteiger partial charge in [-0.1, -0.05) is 24.6 Å². The summed E-state index contributed by atoms with van der Waals surface area (Å²) in [5, 5.41) is 3.48. The van der Waals surface area contributed by atoms with Gasteiger partial charge in [0.15, 0.2) is 0 Å². The molecule has 1 N–H and O–H groups in total. The molecule has 1 aromatic rings. The van der Waals surface area contributed by atoms with E-state index in [1.807, 2.05) is 19.1 Å². The van der Waals surface area contributed by atoms with Gasteiger partial charge in [-0.25, -0.2) is 0 Å². The van der Waals surface area contributed by atoms with E-state index in [0.29, 0.717) is 11.7 Å². The summed E-state index contributed by atoms with van der Waals surface area (Å²) in [6, 6.07) is 6.44. The molecular formula is C16H25NO2S. The number of hydrogen-bond acceptors (Lipinski definition) is 3. The molecule has 1 heterocycles. The molecule has 0 aromatic heterocycles. The predicted octanol–water partition coefficient (Wildman–Crippen LogP) is 2.43. The van der Waals surface area contributed by atoms with Crippen molar-refractivity contribution in [3.63, 3.8) is 0 Å². The van der Waals surface area contributed by atoms with E-state index in [1.54, 1.807) is 0 Å². The molecule has 0 aliphatic carbocycles. The summed E-state index contributed by atoms with van der Waals surface area (Å²) in [6.07, 6.45) is 1.07. The van der Waals surface area contributed by atoms with Gasteiger partial charge < -0.3 is 10.1 Å². The topological polar surface area (TPSA) is 38.3 Å². The molecule has 20 heavy (non-hydrogen) atoms. The lowest BCUT2D eigenvalue weighted by atomic mass is 10.0. The van der Waals surface area contributed by atoms with Crippen molar-refractivity contribution in [2.75, 3.05) is 25.5 Å². The van der Waals surface area contributed by atoms with Crippen LogP contribution in [0.1, 0.15) is 24.5 Å². The van der Waals surface area contributed by atoms with Gasteiger partial charge in [-0.3, -0.25) is 4.21 Å². The van der Waals surface area contributed by atoms with Gasteiger partial charge in [0.1, 0.15) is 0 Å². The van der Waals surface area contributed by atoms with Crippen LogP contribution in [0.2, 0.25) is 0 Å². The predicted molar refractivity (Wildman–Crippen MR) is 83.6 cm³/mol. The van der Waals surface area contributed by atoms with Gasteiger partial charge >= 0.3 is 0 Å². The first-order chi connectivity index (χ1) is 9.61. The Hall–Kier alpha value is -0.710. The molecule has 0 spiro atoms. The highest BCUT2D eigenvalue weighted by atomic mass is 32.2. The molecular weight excluding hydrogens is 270 g/mol. The summed E-state index contributed by atoms with van der Waals surface area (Å²) in [5.74, 6) is 1.16. The third-order valence-electron chi connectivity index (χ3n) is 3.91. The molecule has 1 aliphatic heterocycles. The second-order valence-electron chi connectivity index (χ2n) is 5.57. The molecule has 3 unspecified atom stereocenters. The van der Waals surface area contributed by atoms with Crippen LogP contribution in [0.25, 0.3) is 0 Å². The lowest BCUT2D eigenvalue weighted by Crippen LogP contribution is -2.40. The Morgan fingerprint density at radius 1 is 1.45 bits per heavy atom. The minimum atomic E-state index is -0.949. The van der Waals surface area contributed by atoms with E-state index in [9.17, 15) is 4.21 Å². The molecule has 1 saturated heterocycles. The molecule has 112 valence electrons. The normalized spacial score (nSPS) is 21.9. The highest BCUT2D eigenvalue weighted by Crippen LogP contribution is 2.21. The Kier molecular flexibility index (Phi) is 5.75. The Morgan fingerprint density at radius 3 is 2.85 bits per heavy atom. The SMILES string of the molecule is CCNC(CS(=O)c1ccc(C)cc1C)C1CCOC1. The van der Waals surface area contributed by atoms with Gasteiger partial charge in [0.25, 0.3) is 0 Å². The molecule has 1 aromatic carbocycles. The van der Waals surface area contributed by atoms with Crippen LogP contribution >= 0.6 is 0 Å². The maximum Gasteiger partial charge on any atom is 0.0548 e. The third-order valence-corrected chi connectivity index (χ3v) is 5.52. The van der Waals surface area contributed by atoms with E-state index in [0.717, 1.165) is 36.6 Å². The minimum Gasteiger partial charge on any atom is -0.381 e. The van der Waals surface area contributed by atoms with Crippen molar-refractivity contribution in [3.05, 3.63) is 29.3 Å². The zero-order chi connectivity index (χ0) is 14.5. The average molecular weight is 295 g/mol. The lowest BCUT2D eigenvalue weighted by molar-refractivity contribution is 0.179. The molecule has 3 atom stereocenters. The number of nitrogens with one attached hydrogen (secondary N) is 1. The Bertz CT molecular complexity index is 470. The number of ether oxygens (including phenoxy) is 1. The van der Waals surface area contributed by atoms with Crippen LogP contribution in [0.15, 0.2) is 23.1 Å². The maximum atomic E-state index is 12.6. The van der Waals surface area contributed by atoms with E-state index in [2.05, 4.69) is 25.2 Å². The van der Waals surface area contributed by atoms with Crippen molar-refractivity contribution in [2.45, 2.75) is 38.1 Å². The summed E-state index contributed by atoms with van der Waals surface area (Å²) in [6.45, 7) is 8.75. The van der Waals surface area contributed by atoms with Gasteiger partial charge in [0, 0.05) is 29.2 Å². The van der Waals surface area contributed by atoms with Crippen LogP contribution < -0.4 is 5.32 Å². The van der Waals surface area contributed by atoms with Crippen LogP contribution in [0.3, 0.4) is 0 Å². The molecule has 2 rings (SSSR count). The van der Waals surface area contributed by atoms with Crippen LogP contribution in [-0.2, 0) is 15.5 Å².